The third-order valence-corrected chi connectivity index (χ3v) is 3.42. The zero-order chi connectivity index (χ0) is 12.4. The number of benzene rings is 1. The maximum atomic E-state index is 10.8. The molecule has 6 nitrogen and oxygen atoms in total. The van der Waals surface area contributed by atoms with Crippen LogP contribution in [0.5, 0.6) is 0 Å². The molecule has 2 aromatic rings. The van der Waals surface area contributed by atoms with Gasteiger partial charge in [0, 0.05) is 6.54 Å². The van der Waals surface area contributed by atoms with Gasteiger partial charge in [0.2, 0.25) is 4.80 Å². The molecule has 0 unspecified atom stereocenters. The van der Waals surface area contributed by atoms with E-state index in [-0.39, 0.29) is 12.2 Å². The number of carbonyl (C=O) groups is 1. The fourth-order valence-corrected chi connectivity index (χ4v) is 2.64. The Bertz CT molecular complexity index is 629. The van der Waals surface area contributed by atoms with Crippen molar-refractivity contribution < 1.29 is 15.0 Å². The van der Waals surface area contributed by atoms with Crippen molar-refractivity contribution in [2.24, 2.45) is 10.9 Å². The number of nitrogens with two attached hydrogens (primary N) is 1. The summed E-state index contributed by atoms with van der Waals surface area (Å²) in [6, 6.07) is 4.79. The van der Waals surface area contributed by atoms with E-state index in [1.54, 1.807) is 16.7 Å². The van der Waals surface area contributed by atoms with Crippen LogP contribution >= 0.6 is 11.3 Å². The molecule has 90 valence electrons. The molecule has 0 spiro atoms. The van der Waals surface area contributed by atoms with Gasteiger partial charge in [-0.15, -0.1) is 0 Å². The minimum Gasteiger partial charge on any atom is -0.478 e. The van der Waals surface area contributed by atoms with Gasteiger partial charge < -0.3 is 20.6 Å². The topological polar surface area (TPSA) is 101 Å². The fraction of sp³-hybridized carbons (Fsp3) is 0.200. The number of aliphatic hydroxyl groups excluding tert-OH is 1. The minimum atomic E-state index is -0.972. The second kappa shape index (κ2) is 4.56. The highest BCUT2D eigenvalue weighted by Gasteiger charge is 2.09. The van der Waals surface area contributed by atoms with Gasteiger partial charge in [0.25, 0.3) is 0 Å². The summed E-state index contributed by atoms with van der Waals surface area (Å²) >= 11 is 1.29. The molecule has 0 aliphatic rings. The molecule has 17 heavy (non-hydrogen) atoms. The maximum absolute atomic E-state index is 10.8. The second-order valence-corrected chi connectivity index (χ2v) is 4.39. The SMILES string of the molecule is N/N=c1\sc2cc(C(=O)O)ccc2n1CCO. The number of hydrogen-bond acceptors (Lipinski definition) is 5. The molecule has 0 atom stereocenters. The highest BCUT2D eigenvalue weighted by Crippen LogP contribution is 2.19. The number of aliphatic hydroxyl groups is 1. The van der Waals surface area contributed by atoms with Crippen molar-refractivity contribution in [2.45, 2.75) is 6.54 Å². The van der Waals surface area contributed by atoms with Crippen molar-refractivity contribution in [3.8, 4) is 0 Å². The zero-order valence-electron chi connectivity index (χ0n) is 8.83. The van der Waals surface area contributed by atoms with Gasteiger partial charge in [0.1, 0.15) is 0 Å². The van der Waals surface area contributed by atoms with E-state index in [1.807, 2.05) is 0 Å². The van der Waals surface area contributed by atoms with E-state index in [4.69, 9.17) is 16.1 Å². The second-order valence-electron chi connectivity index (χ2n) is 3.38. The standard InChI is InChI=1S/C10H11N3O3S/c11-12-10-13(3-4-14)7-2-1-6(9(15)16)5-8(7)17-10/h1-2,5,14H,3-4,11H2,(H,15,16)/b12-10-. The molecular formula is C10H11N3O3S. The van der Waals surface area contributed by atoms with Gasteiger partial charge >= 0.3 is 5.97 Å². The fourth-order valence-electron chi connectivity index (χ4n) is 1.62. The third-order valence-electron chi connectivity index (χ3n) is 2.36. The van der Waals surface area contributed by atoms with Crippen molar-refractivity contribution >= 4 is 27.5 Å². The highest BCUT2D eigenvalue weighted by molar-refractivity contribution is 7.16. The first-order valence-electron chi connectivity index (χ1n) is 4.89. The van der Waals surface area contributed by atoms with Crippen LogP contribution in [-0.4, -0.2) is 27.4 Å². The van der Waals surface area contributed by atoms with Crippen molar-refractivity contribution in [2.75, 3.05) is 6.61 Å². The molecule has 0 radical (unpaired) electrons. The summed E-state index contributed by atoms with van der Waals surface area (Å²) in [5.41, 5.74) is 1.04. The monoisotopic (exact) mass is 253 g/mol. The van der Waals surface area contributed by atoms with E-state index in [9.17, 15) is 4.79 Å². The highest BCUT2D eigenvalue weighted by atomic mass is 32.1. The molecule has 0 amide bonds. The van der Waals surface area contributed by atoms with Gasteiger partial charge in [0.05, 0.1) is 22.4 Å². The van der Waals surface area contributed by atoms with Crippen LogP contribution in [0.3, 0.4) is 0 Å². The summed E-state index contributed by atoms with van der Waals surface area (Å²) in [4.78, 5) is 11.4. The Morgan fingerprint density at radius 2 is 2.29 bits per heavy atom. The molecule has 0 bridgehead atoms. The van der Waals surface area contributed by atoms with E-state index in [1.165, 1.54) is 17.4 Å². The van der Waals surface area contributed by atoms with Crippen molar-refractivity contribution in [3.05, 3.63) is 28.6 Å². The number of nitrogens with zero attached hydrogens (tertiary/aromatic N) is 2. The smallest absolute Gasteiger partial charge is 0.335 e. The quantitative estimate of drug-likeness (QED) is 0.536. The van der Waals surface area contributed by atoms with E-state index >= 15 is 0 Å². The van der Waals surface area contributed by atoms with Crippen molar-refractivity contribution in [1.82, 2.24) is 4.57 Å². The summed E-state index contributed by atoms with van der Waals surface area (Å²) in [6.07, 6.45) is 0. The number of fused-ring (bicyclic) bond motifs is 1. The maximum Gasteiger partial charge on any atom is 0.335 e. The van der Waals surface area contributed by atoms with Crippen LogP contribution in [0, 0.1) is 0 Å². The summed E-state index contributed by atoms with van der Waals surface area (Å²) in [6.45, 7) is 0.349. The number of hydrogen-bond donors (Lipinski definition) is 3. The molecule has 2 rings (SSSR count). The lowest BCUT2D eigenvalue weighted by molar-refractivity contribution is 0.0697. The Morgan fingerprint density at radius 3 is 2.88 bits per heavy atom. The molecule has 0 fully saturated rings. The largest absolute Gasteiger partial charge is 0.478 e. The van der Waals surface area contributed by atoms with E-state index < -0.39 is 5.97 Å². The van der Waals surface area contributed by atoms with E-state index in [0.29, 0.717) is 11.3 Å². The summed E-state index contributed by atoms with van der Waals surface area (Å²) in [7, 11) is 0. The van der Waals surface area contributed by atoms with E-state index in [2.05, 4.69) is 5.10 Å². The minimum absolute atomic E-state index is 0.0281. The van der Waals surface area contributed by atoms with Crippen LogP contribution in [-0.2, 0) is 6.54 Å². The summed E-state index contributed by atoms with van der Waals surface area (Å²) in [5.74, 6) is 4.29. The van der Waals surface area contributed by atoms with Crippen LogP contribution < -0.4 is 10.6 Å². The average molecular weight is 253 g/mol. The molecular weight excluding hydrogens is 242 g/mol. The zero-order valence-corrected chi connectivity index (χ0v) is 9.65. The van der Waals surface area contributed by atoms with Crippen LogP contribution in [0.25, 0.3) is 10.2 Å². The van der Waals surface area contributed by atoms with Crippen molar-refractivity contribution in [3.63, 3.8) is 0 Å². The summed E-state index contributed by atoms with van der Waals surface area (Å²) in [5, 5.41) is 21.5. The van der Waals surface area contributed by atoms with Crippen molar-refractivity contribution in [1.29, 1.82) is 0 Å². The molecule has 0 aliphatic carbocycles. The Hall–Kier alpha value is -1.86. The average Bonchev–Trinajstić information content (AvgIpc) is 2.67. The number of carboxylic acid groups (broad SMARTS) is 1. The Morgan fingerprint density at radius 1 is 1.53 bits per heavy atom. The van der Waals surface area contributed by atoms with Gasteiger partial charge in [-0.25, -0.2) is 4.79 Å². The first-order valence-corrected chi connectivity index (χ1v) is 5.70. The van der Waals surface area contributed by atoms with Crippen LogP contribution in [0.15, 0.2) is 23.3 Å². The molecule has 1 aromatic carbocycles. The lowest BCUT2D eigenvalue weighted by Gasteiger charge is -2.01. The molecule has 0 saturated heterocycles. The number of carboxylic acids is 1. The third kappa shape index (κ3) is 2.02. The Labute approximate surface area is 100 Å². The number of aromatic nitrogens is 1. The van der Waals surface area contributed by atoms with Gasteiger partial charge in [0.15, 0.2) is 0 Å². The molecule has 1 heterocycles. The molecule has 0 aliphatic heterocycles. The Kier molecular flexibility index (Phi) is 3.12. The molecule has 7 heteroatoms. The molecule has 1 aromatic heterocycles. The predicted molar refractivity (Wildman–Crippen MR) is 63.6 cm³/mol. The number of thiazole rings is 1. The van der Waals surface area contributed by atoms with E-state index in [0.717, 1.165) is 10.2 Å². The predicted octanol–water partition coefficient (Wildman–Crippen LogP) is 0.168. The normalized spacial score (nSPS) is 12.2. The first-order chi connectivity index (χ1) is 8.17. The lowest BCUT2D eigenvalue weighted by atomic mass is 10.2. The van der Waals surface area contributed by atoms with Gasteiger partial charge in [-0.05, 0) is 18.2 Å². The van der Waals surface area contributed by atoms with Gasteiger partial charge in [-0.3, -0.25) is 0 Å². The first kappa shape index (κ1) is 11.6. The lowest BCUT2D eigenvalue weighted by Crippen LogP contribution is -2.18. The Balaban J connectivity index is 2.70. The van der Waals surface area contributed by atoms with Crippen LogP contribution in [0.4, 0.5) is 0 Å². The van der Waals surface area contributed by atoms with Crippen LogP contribution in [0.1, 0.15) is 10.4 Å². The van der Waals surface area contributed by atoms with Crippen LogP contribution in [0.2, 0.25) is 0 Å². The van der Waals surface area contributed by atoms with Gasteiger partial charge in [-0.2, -0.15) is 5.10 Å². The van der Waals surface area contributed by atoms with Gasteiger partial charge in [-0.1, -0.05) is 11.3 Å². The summed E-state index contributed by atoms with van der Waals surface area (Å²) < 4.78 is 2.54. The molecule has 4 N–H and O–H groups in total. The number of rotatable bonds is 3. The number of aromatic carboxylic acids is 1. The molecule has 0 saturated carbocycles.